The van der Waals surface area contributed by atoms with E-state index in [9.17, 15) is 4.79 Å². The van der Waals surface area contributed by atoms with E-state index in [0.29, 0.717) is 32.7 Å². The molecule has 0 saturated carbocycles. The van der Waals surface area contributed by atoms with E-state index in [1.807, 2.05) is 24.3 Å². The molecular weight excluding hydrogens is 540 g/mol. The molecule has 0 unspecified atom stereocenters. The number of benzene rings is 1. The van der Waals surface area contributed by atoms with Crippen LogP contribution in [-0.2, 0) is 39.5 Å². The van der Waals surface area contributed by atoms with Gasteiger partial charge in [0.05, 0.1) is 44.7 Å². The second-order valence-electron chi connectivity index (χ2n) is 12.7. The Morgan fingerprint density at radius 3 is 2.41 bits per heavy atom. The summed E-state index contributed by atoms with van der Waals surface area (Å²) in [5.41, 5.74) is -0.190. The number of hydrogen-bond acceptors (Lipinski definition) is 8. The lowest BCUT2D eigenvalue weighted by Crippen LogP contribution is -2.63. The van der Waals surface area contributed by atoms with Gasteiger partial charge < -0.3 is 32.8 Å². The van der Waals surface area contributed by atoms with Gasteiger partial charge in [-0.3, -0.25) is 4.79 Å². The molecule has 0 amide bonds. The van der Waals surface area contributed by atoms with Crippen LogP contribution in [0.15, 0.2) is 24.3 Å². The molecule has 0 spiro atoms. The highest BCUT2D eigenvalue weighted by Crippen LogP contribution is 2.42. The lowest BCUT2D eigenvalue weighted by atomic mass is 9.85. The van der Waals surface area contributed by atoms with Crippen LogP contribution in [0.25, 0.3) is 0 Å². The molecule has 2 aliphatic rings. The number of Topliss-reactive ketones (excluding diaryl/α,β-unsaturated/α-hetero) is 1. The monoisotopic (exact) mass is 590 g/mol. The summed E-state index contributed by atoms with van der Waals surface area (Å²) in [7, 11) is 2.69. The molecule has 3 rings (SSSR count). The maximum absolute atomic E-state index is 13.8. The number of methoxy groups -OCH3 is 3. The second-order valence-corrected chi connectivity index (χ2v) is 17.4. The molecule has 9 heteroatoms. The number of rotatable bonds is 11. The molecule has 2 fully saturated rings. The zero-order valence-corrected chi connectivity index (χ0v) is 27.4. The van der Waals surface area contributed by atoms with Crippen LogP contribution < -0.4 is 4.74 Å². The third-order valence-electron chi connectivity index (χ3n) is 8.71. The van der Waals surface area contributed by atoms with Gasteiger partial charge in [-0.2, -0.15) is 0 Å². The van der Waals surface area contributed by atoms with Gasteiger partial charge in [0.1, 0.15) is 11.9 Å². The highest BCUT2D eigenvalue weighted by Gasteiger charge is 2.54. The molecule has 2 heterocycles. The van der Waals surface area contributed by atoms with Crippen LogP contribution in [0.3, 0.4) is 0 Å². The van der Waals surface area contributed by atoms with Gasteiger partial charge >= 0.3 is 0 Å². The Hall–Kier alpha value is -1.77. The van der Waals surface area contributed by atoms with E-state index in [1.54, 1.807) is 28.3 Å². The van der Waals surface area contributed by atoms with Crippen molar-refractivity contribution in [1.82, 2.24) is 0 Å². The molecule has 8 nitrogen and oxygen atoms in total. The molecule has 1 aromatic carbocycles. The van der Waals surface area contributed by atoms with Crippen LogP contribution in [-0.4, -0.2) is 84.8 Å². The minimum atomic E-state index is -2.23. The van der Waals surface area contributed by atoms with Crippen LogP contribution in [0, 0.1) is 11.8 Å². The summed E-state index contributed by atoms with van der Waals surface area (Å²) >= 11 is 0. The van der Waals surface area contributed by atoms with Gasteiger partial charge in [-0.05, 0) is 61.5 Å². The third kappa shape index (κ3) is 8.63. The lowest BCUT2D eigenvalue weighted by molar-refractivity contribution is -0.223. The molecule has 6 atom stereocenters. The summed E-state index contributed by atoms with van der Waals surface area (Å²) in [5, 5.41) is -0.0340. The Balaban J connectivity index is 1.73. The standard InChI is InChI=1S/C32H50O8Si/c1-31(2,3)41(8,9)40-30-20-27(36-7)28(22-34-5)39-32(30,4)29(33)14-10-12-25-26(13-11-19-37-25)38-21-23-15-17-24(35-6)18-16-23/h15-18,25-28,30H,11-13,19-22H2,1-9H3/t25-,26+,27+,28-,30-,32+/m1/s1. The largest absolute Gasteiger partial charge is 0.497 e. The van der Waals surface area contributed by atoms with Crippen LogP contribution in [0.4, 0.5) is 0 Å². The fourth-order valence-corrected chi connectivity index (χ4v) is 6.36. The van der Waals surface area contributed by atoms with Crippen molar-refractivity contribution in [3.05, 3.63) is 29.8 Å². The topological polar surface area (TPSA) is 81.7 Å². The van der Waals surface area contributed by atoms with Gasteiger partial charge in [0, 0.05) is 33.7 Å². The molecule has 0 aliphatic carbocycles. The van der Waals surface area contributed by atoms with Gasteiger partial charge in [-0.15, -0.1) is 0 Å². The summed E-state index contributed by atoms with van der Waals surface area (Å²) in [5.74, 6) is 6.50. The molecule has 41 heavy (non-hydrogen) atoms. The molecule has 2 saturated heterocycles. The molecule has 0 N–H and O–H groups in total. The molecule has 0 radical (unpaired) electrons. The summed E-state index contributed by atoms with van der Waals surface area (Å²) in [6.45, 7) is 14.1. The average molecular weight is 591 g/mol. The van der Waals surface area contributed by atoms with Crippen molar-refractivity contribution < 1.29 is 37.6 Å². The molecule has 0 bridgehead atoms. The Morgan fingerprint density at radius 2 is 1.80 bits per heavy atom. The SMILES string of the molecule is COC[C@H]1O[C@@](C)(C(=O)C#CC[C@H]2OCCC[C@@H]2OCc2ccc(OC)cc2)[C@H](O[Si](C)(C)C(C)(C)C)C[C@@H]1OC. The number of carbonyl (C=O) groups excluding carboxylic acids is 1. The van der Waals surface area contributed by atoms with Gasteiger partial charge in [0.15, 0.2) is 13.9 Å². The second kappa shape index (κ2) is 14.6. The molecular formula is C32H50O8Si. The van der Waals surface area contributed by atoms with E-state index in [-0.39, 0.29) is 29.1 Å². The van der Waals surface area contributed by atoms with Gasteiger partial charge in [0.25, 0.3) is 0 Å². The number of ether oxygens (including phenoxy) is 6. The van der Waals surface area contributed by atoms with E-state index < -0.39 is 26.1 Å². The summed E-state index contributed by atoms with van der Waals surface area (Å²) in [6.07, 6.45) is 1.28. The van der Waals surface area contributed by atoms with E-state index in [0.717, 1.165) is 24.2 Å². The fourth-order valence-electron chi connectivity index (χ4n) is 4.97. The van der Waals surface area contributed by atoms with Crippen molar-refractivity contribution in [1.29, 1.82) is 0 Å². The Kier molecular flexibility index (Phi) is 12.0. The number of carbonyl (C=O) groups is 1. The van der Waals surface area contributed by atoms with Crippen molar-refractivity contribution in [2.24, 2.45) is 0 Å². The van der Waals surface area contributed by atoms with Crippen LogP contribution in [0.1, 0.15) is 58.9 Å². The normalized spacial score (nSPS) is 29.0. The highest BCUT2D eigenvalue weighted by molar-refractivity contribution is 6.74. The first-order valence-electron chi connectivity index (χ1n) is 14.6. The summed E-state index contributed by atoms with van der Waals surface area (Å²) < 4.78 is 41.9. The maximum atomic E-state index is 13.8. The van der Waals surface area contributed by atoms with Crippen molar-refractivity contribution in [3.63, 3.8) is 0 Å². The first-order chi connectivity index (χ1) is 19.3. The quantitative estimate of drug-likeness (QED) is 0.195. The smallest absolute Gasteiger partial charge is 0.239 e. The summed E-state index contributed by atoms with van der Waals surface area (Å²) in [4.78, 5) is 13.8. The van der Waals surface area contributed by atoms with Crippen LogP contribution >= 0.6 is 0 Å². The zero-order valence-electron chi connectivity index (χ0n) is 26.4. The Bertz CT molecular complexity index is 1040. The Labute approximate surface area is 247 Å². The third-order valence-corrected chi connectivity index (χ3v) is 13.2. The maximum Gasteiger partial charge on any atom is 0.239 e. The highest BCUT2D eigenvalue weighted by atomic mass is 28.4. The zero-order chi connectivity index (χ0) is 30.3. The van der Waals surface area contributed by atoms with Crippen molar-refractivity contribution in [3.8, 4) is 17.6 Å². The van der Waals surface area contributed by atoms with Crippen molar-refractivity contribution in [2.45, 2.75) is 114 Å². The molecule has 1 aromatic rings. The Morgan fingerprint density at radius 1 is 1.10 bits per heavy atom. The van der Waals surface area contributed by atoms with Crippen LogP contribution in [0.5, 0.6) is 5.75 Å². The van der Waals surface area contributed by atoms with Gasteiger partial charge in [0.2, 0.25) is 5.78 Å². The molecule has 2 aliphatic heterocycles. The first-order valence-corrected chi connectivity index (χ1v) is 17.5. The number of hydrogen-bond donors (Lipinski definition) is 0. The van der Waals surface area contributed by atoms with E-state index in [1.165, 1.54) is 0 Å². The van der Waals surface area contributed by atoms with Crippen LogP contribution in [0.2, 0.25) is 18.1 Å². The molecule has 230 valence electrons. The average Bonchev–Trinajstić information content (AvgIpc) is 2.93. The van der Waals surface area contributed by atoms with Gasteiger partial charge in [-0.25, -0.2) is 0 Å². The predicted molar refractivity (Wildman–Crippen MR) is 161 cm³/mol. The predicted octanol–water partition coefficient (Wildman–Crippen LogP) is 5.32. The van der Waals surface area contributed by atoms with Crippen molar-refractivity contribution in [2.75, 3.05) is 34.5 Å². The first kappa shape index (κ1) is 33.7. The molecule has 0 aromatic heterocycles. The van der Waals surface area contributed by atoms with Crippen molar-refractivity contribution >= 4 is 14.1 Å². The van der Waals surface area contributed by atoms with E-state index in [4.69, 9.17) is 32.8 Å². The fraction of sp³-hybridized carbons (Fsp3) is 0.719. The number of ketones is 1. The minimum Gasteiger partial charge on any atom is -0.497 e. The summed E-state index contributed by atoms with van der Waals surface area (Å²) in [6, 6.07) is 7.83. The van der Waals surface area contributed by atoms with E-state index in [2.05, 4.69) is 45.7 Å². The van der Waals surface area contributed by atoms with E-state index >= 15 is 0 Å². The minimum absolute atomic E-state index is 0.0340. The van der Waals surface area contributed by atoms with Gasteiger partial charge in [-0.1, -0.05) is 38.8 Å². The lowest BCUT2D eigenvalue weighted by Gasteiger charge is -2.49.